The summed E-state index contributed by atoms with van der Waals surface area (Å²) in [4.78, 5) is 25.9. The van der Waals surface area contributed by atoms with Gasteiger partial charge in [-0.2, -0.15) is 0 Å². The zero-order valence-electron chi connectivity index (χ0n) is 11.1. The normalized spacial score (nSPS) is 10.6. The molecule has 2 rings (SSSR count). The Morgan fingerprint density at radius 2 is 2.25 bits per heavy atom. The van der Waals surface area contributed by atoms with Gasteiger partial charge in [0.25, 0.3) is 5.56 Å². The van der Waals surface area contributed by atoms with E-state index in [4.69, 9.17) is 0 Å². The molecule has 0 radical (unpaired) electrons. The molecule has 8 heteroatoms. The van der Waals surface area contributed by atoms with Gasteiger partial charge in [-0.1, -0.05) is 6.92 Å². The molecule has 0 spiro atoms. The van der Waals surface area contributed by atoms with Crippen LogP contribution in [0.15, 0.2) is 27.2 Å². The van der Waals surface area contributed by atoms with Crippen LogP contribution in [0.2, 0.25) is 0 Å². The second-order valence-corrected chi connectivity index (χ2v) is 5.04. The first kappa shape index (κ1) is 14.4. The van der Waals surface area contributed by atoms with Crippen LogP contribution in [0.25, 0.3) is 0 Å². The maximum Gasteiger partial charge on any atom is 0.251 e. The van der Waals surface area contributed by atoms with E-state index in [9.17, 15) is 9.18 Å². The third-order valence-corrected chi connectivity index (χ3v) is 3.15. The lowest BCUT2D eigenvalue weighted by atomic mass is 10.5. The van der Waals surface area contributed by atoms with Crippen molar-refractivity contribution in [2.45, 2.75) is 30.5 Å². The number of H-pyrrole nitrogens is 1. The van der Waals surface area contributed by atoms with Crippen molar-refractivity contribution < 1.29 is 4.39 Å². The molecule has 0 unspecified atom stereocenters. The Labute approximate surface area is 119 Å². The van der Waals surface area contributed by atoms with Gasteiger partial charge in [0.2, 0.25) is 5.95 Å². The average Bonchev–Trinajstić information content (AvgIpc) is 2.38. The Bertz CT molecular complexity index is 661. The van der Waals surface area contributed by atoms with E-state index in [2.05, 4.69) is 25.3 Å². The average molecular weight is 295 g/mol. The van der Waals surface area contributed by atoms with Crippen LogP contribution in [0.5, 0.6) is 0 Å². The van der Waals surface area contributed by atoms with Gasteiger partial charge in [0.1, 0.15) is 5.03 Å². The molecule has 0 amide bonds. The number of anilines is 1. The van der Waals surface area contributed by atoms with Crippen molar-refractivity contribution in [1.29, 1.82) is 0 Å². The van der Waals surface area contributed by atoms with Crippen molar-refractivity contribution in [2.24, 2.45) is 0 Å². The molecular formula is C12H14FN5OS. The topological polar surface area (TPSA) is 83.6 Å². The van der Waals surface area contributed by atoms with E-state index in [1.54, 1.807) is 6.92 Å². The van der Waals surface area contributed by atoms with E-state index in [1.165, 1.54) is 6.07 Å². The summed E-state index contributed by atoms with van der Waals surface area (Å²) >= 11 is 0.957. The van der Waals surface area contributed by atoms with Gasteiger partial charge in [0, 0.05) is 18.3 Å². The van der Waals surface area contributed by atoms with Crippen LogP contribution >= 0.6 is 11.8 Å². The van der Waals surface area contributed by atoms with Gasteiger partial charge in [-0.15, -0.1) is 0 Å². The zero-order valence-corrected chi connectivity index (χ0v) is 11.9. The van der Waals surface area contributed by atoms with E-state index in [1.807, 2.05) is 6.92 Å². The monoisotopic (exact) mass is 295 g/mol. The Kier molecular flexibility index (Phi) is 4.67. The summed E-state index contributed by atoms with van der Waals surface area (Å²) in [6.07, 6.45) is 2.01. The fraction of sp³-hybridized carbons (Fsp3) is 0.333. The van der Waals surface area contributed by atoms with Gasteiger partial charge in [-0.05, 0) is 25.1 Å². The van der Waals surface area contributed by atoms with Gasteiger partial charge in [0.05, 0.1) is 6.20 Å². The molecular weight excluding hydrogens is 281 g/mol. The quantitative estimate of drug-likeness (QED) is 0.648. The van der Waals surface area contributed by atoms with Crippen LogP contribution in [0, 0.1) is 12.7 Å². The molecule has 0 aliphatic rings. The number of aryl methyl sites for hydroxylation is 1. The standard InChI is InChI=1S/C12H14FN5OS/c1-3-4-14-11-15-6-8(13)10(18-11)20-12-16-7(2)5-9(19)17-12/h5-6H,3-4H2,1-2H3,(H,14,15,18)(H,16,17,19). The Hall–Kier alpha value is -1.96. The summed E-state index contributed by atoms with van der Waals surface area (Å²) in [5.74, 6) is -0.202. The highest BCUT2D eigenvalue weighted by atomic mass is 32.2. The van der Waals surface area contributed by atoms with E-state index < -0.39 is 5.82 Å². The summed E-state index contributed by atoms with van der Waals surface area (Å²) in [5, 5.41) is 3.39. The molecule has 6 nitrogen and oxygen atoms in total. The molecule has 0 aliphatic carbocycles. The SMILES string of the molecule is CCCNc1ncc(F)c(Sc2nc(C)cc(=O)[nH]2)n1. The number of nitrogens with zero attached hydrogens (tertiary/aromatic N) is 3. The van der Waals surface area contributed by atoms with Crippen LogP contribution in [0.3, 0.4) is 0 Å². The van der Waals surface area contributed by atoms with Crippen LogP contribution < -0.4 is 10.9 Å². The first-order valence-corrected chi connectivity index (χ1v) is 6.92. The number of rotatable bonds is 5. The highest BCUT2D eigenvalue weighted by Gasteiger charge is 2.10. The van der Waals surface area contributed by atoms with E-state index in [-0.39, 0.29) is 10.6 Å². The van der Waals surface area contributed by atoms with Crippen molar-refractivity contribution in [3.8, 4) is 0 Å². The van der Waals surface area contributed by atoms with E-state index in [0.29, 0.717) is 23.3 Å². The molecule has 0 fully saturated rings. The predicted molar refractivity (Wildman–Crippen MR) is 74.5 cm³/mol. The lowest BCUT2D eigenvalue weighted by Gasteiger charge is -2.06. The number of nitrogens with one attached hydrogen (secondary N) is 2. The largest absolute Gasteiger partial charge is 0.354 e. The molecule has 0 saturated carbocycles. The summed E-state index contributed by atoms with van der Waals surface area (Å²) in [6.45, 7) is 4.41. The van der Waals surface area contributed by atoms with Crippen molar-refractivity contribution in [3.05, 3.63) is 34.1 Å². The molecule has 0 aliphatic heterocycles. The Balaban J connectivity index is 2.25. The van der Waals surface area contributed by atoms with Gasteiger partial charge >= 0.3 is 0 Å². The molecule has 20 heavy (non-hydrogen) atoms. The predicted octanol–water partition coefficient (Wildman–Crippen LogP) is 1.98. The van der Waals surface area contributed by atoms with Crippen molar-refractivity contribution in [3.63, 3.8) is 0 Å². The van der Waals surface area contributed by atoms with Crippen molar-refractivity contribution in [2.75, 3.05) is 11.9 Å². The molecule has 0 bridgehead atoms. The lowest BCUT2D eigenvalue weighted by molar-refractivity contribution is 0.579. The number of hydrogen-bond donors (Lipinski definition) is 2. The number of aromatic nitrogens is 4. The number of aromatic amines is 1. The van der Waals surface area contributed by atoms with E-state index in [0.717, 1.165) is 24.4 Å². The summed E-state index contributed by atoms with van der Waals surface area (Å²) in [5.41, 5.74) is 0.286. The molecule has 2 N–H and O–H groups in total. The molecule has 0 saturated heterocycles. The zero-order chi connectivity index (χ0) is 14.5. The summed E-state index contributed by atoms with van der Waals surface area (Å²) in [7, 11) is 0. The smallest absolute Gasteiger partial charge is 0.251 e. The van der Waals surface area contributed by atoms with Gasteiger partial charge in [0.15, 0.2) is 11.0 Å². The minimum atomic E-state index is -0.554. The van der Waals surface area contributed by atoms with Crippen LogP contribution in [0.1, 0.15) is 19.0 Å². The van der Waals surface area contributed by atoms with Gasteiger partial charge in [-0.3, -0.25) is 4.79 Å². The molecule has 2 heterocycles. The third kappa shape index (κ3) is 3.77. The van der Waals surface area contributed by atoms with Gasteiger partial charge in [-0.25, -0.2) is 19.3 Å². The fourth-order valence-corrected chi connectivity index (χ4v) is 2.24. The number of halogens is 1. The minimum Gasteiger partial charge on any atom is -0.354 e. The summed E-state index contributed by atoms with van der Waals surface area (Å²) < 4.78 is 13.7. The van der Waals surface area contributed by atoms with Crippen LogP contribution in [-0.4, -0.2) is 26.5 Å². The van der Waals surface area contributed by atoms with Crippen LogP contribution in [0.4, 0.5) is 10.3 Å². The van der Waals surface area contributed by atoms with Crippen LogP contribution in [-0.2, 0) is 0 Å². The third-order valence-electron chi connectivity index (χ3n) is 2.29. The molecule has 106 valence electrons. The molecule has 2 aromatic rings. The molecule has 2 aromatic heterocycles. The highest BCUT2D eigenvalue weighted by molar-refractivity contribution is 7.99. The van der Waals surface area contributed by atoms with Crippen molar-refractivity contribution in [1.82, 2.24) is 19.9 Å². The second-order valence-electron chi connectivity index (χ2n) is 4.07. The maximum absolute atomic E-state index is 13.7. The van der Waals surface area contributed by atoms with Gasteiger partial charge < -0.3 is 10.3 Å². The second kappa shape index (κ2) is 6.47. The van der Waals surface area contributed by atoms with Crippen molar-refractivity contribution >= 4 is 17.7 Å². The van der Waals surface area contributed by atoms with E-state index >= 15 is 0 Å². The lowest BCUT2D eigenvalue weighted by Crippen LogP contribution is -2.09. The molecule has 0 atom stereocenters. The Morgan fingerprint density at radius 3 is 2.95 bits per heavy atom. The first-order chi connectivity index (χ1) is 9.58. The Morgan fingerprint density at radius 1 is 1.45 bits per heavy atom. The summed E-state index contributed by atoms with van der Waals surface area (Å²) in [6, 6.07) is 1.37. The minimum absolute atomic E-state index is 0.118. The number of hydrogen-bond acceptors (Lipinski definition) is 6. The molecule has 0 aromatic carbocycles. The maximum atomic E-state index is 13.7. The fourth-order valence-electron chi connectivity index (χ4n) is 1.44. The first-order valence-electron chi connectivity index (χ1n) is 6.10. The highest BCUT2D eigenvalue weighted by Crippen LogP contribution is 2.25.